The number of unbranched alkanes of at least 4 members (excludes halogenated alkanes) is 4. The highest BCUT2D eigenvalue weighted by Gasteiger charge is 2.39. The number of carbonyl (C=O) groups is 3. The van der Waals surface area contributed by atoms with E-state index in [2.05, 4.69) is 32.9 Å². The largest absolute Gasteiger partial charge is 0.500 e. The summed E-state index contributed by atoms with van der Waals surface area (Å²) in [5.41, 5.74) is 1.27. The van der Waals surface area contributed by atoms with E-state index in [-0.39, 0.29) is 18.5 Å². The fourth-order valence-electron chi connectivity index (χ4n) is 3.21. The highest BCUT2D eigenvalue weighted by molar-refractivity contribution is 6.67. The Kier molecular flexibility index (Phi) is 53.0. The summed E-state index contributed by atoms with van der Waals surface area (Å²) in [6.07, 6.45) is 9.81. The quantitative estimate of drug-likeness (QED) is 0.0202. The summed E-state index contributed by atoms with van der Waals surface area (Å²) in [6, 6.07) is 0.803. The van der Waals surface area contributed by atoms with Crippen molar-refractivity contribution in [1.82, 2.24) is 0 Å². The van der Waals surface area contributed by atoms with Gasteiger partial charge in [-0.1, -0.05) is 38.3 Å². The Balaban J connectivity index is -0.000000204. The number of aliphatic hydroxyl groups excluding tert-OH is 1. The molecule has 0 aromatic carbocycles. The second-order valence-electron chi connectivity index (χ2n) is 10.9. The Labute approximate surface area is 336 Å². The van der Waals surface area contributed by atoms with E-state index in [0.29, 0.717) is 69.6 Å². The van der Waals surface area contributed by atoms with Crippen LogP contribution in [0, 0.1) is 0 Å². The van der Waals surface area contributed by atoms with Crippen LogP contribution in [-0.2, 0) is 50.4 Å². The molecule has 0 radical (unpaired) electrons. The minimum atomic E-state index is -2.52. The van der Waals surface area contributed by atoms with Crippen molar-refractivity contribution in [3.05, 3.63) is 61.8 Å². The maximum atomic E-state index is 11.2. The zero-order valence-corrected chi connectivity index (χ0v) is 38.0. The Morgan fingerprint density at radius 2 is 0.981 bits per heavy atom. The molecule has 0 fully saturated rings. The van der Waals surface area contributed by atoms with Crippen LogP contribution in [0.25, 0.3) is 0 Å². The molecule has 0 aliphatic rings. The van der Waals surface area contributed by atoms with E-state index in [1.165, 1.54) is 0 Å². The second-order valence-corrected chi connectivity index (χ2v) is 15.6. The van der Waals surface area contributed by atoms with Crippen LogP contribution in [0.3, 0.4) is 0 Å². The normalized spacial score (nSPS) is 10.0. The van der Waals surface area contributed by atoms with E-state index in [0.717, 1.165) is 51.0 Å². The third-order valence-corrected chi connectivity index (χ3v) is 11.0. The number of hydrogen-bond acceptors (Lipinski definition) is 12. The van der Waals surface area contributed by atoms with Crippen molar-refractivity contribution in [2.45, 2.75) is 113 Å². The summed E-state index contributed by atoms with van der Waals surface area (Å²) in [5.74, 6) is -0.634. The van der Waals surface area contributed by atoms with E-state index in [1.54, 1.807) is 32.9 Å². The first-order valence-corrected chi connectivity index (χ1v) is 22.4. The smallest absolute Gasteiger partial charge is 0.462 e. The van der Waals surface area contributed by atoms with Crippen LogP contribution in [0.2, 0.25) is 6.04 Å². The fourth-order valence-corrected chi connectivity index (χ4v) is 7.00. The van der Waals surface area contributed by atoms with Gasteiger partial charge in [0.1, 0.15) is 0 Å². The predicted octanol–water partition coefficient (Wildman–Crippen LogP) is 8.48. The van der Waals surface area contributed by atoms with Gasteiger partial charge in [-0.3, -0.25) is 4.79 Å². The van der Waals surface area contributed by atoms with Crippen LogP contribution in [0.15, 0.2) is 61.8 Å². The van der Waals surface area contributed by atoms with E-state index in [1.807, 2.05) is 41.5 Å². The number of aliphatic hydroxyl groups is 1. The maximum Gasteiger partial charge on any atom is 0.500 e. The number of halogens is 1. The van der Waals surface area contributed by atoms with Crippen molar-refractivity contribution in [3.63, 3.8) is 0 Å². The monoisotopic (exact) mass is 826 g/mol. The lowest BCUT2D eigenvalue weighted by atomic mass is 10.3. The molecule has 0 unspecified atom stereocenters. The molecule has 0 amide bonds. The van der Waals surface area contributed by atoms with Crippen molar-refractivity contribution in [2.75, 3.05) is 59.5 Å². The average molecular weight is 828 g/mol. The molecule has 12 nitrogen and oxygen atoms in total. The van der Waals surface area contributed by atoms with Crippen molar-refractivity contribution in [2.24, 2.45) is 0 Å². The molecule has 0 spiro atoms. The van der Waals surface area contributed by atoms with Crippen molar-refractivity contribution in [3.8, 4) is 0 Å². The number of rotatable bonds is 28. The molecular formula is C39H75ClO12Si2. The SMILES string of the molecule is C=C(C)C(=O)Cl.C=C(C)C(=O)OCCCCC[Si](OCC)(OCC)OCC.C=CCCCO.C=CCCCOC(=O)C(=C)C.CCO[SiH](OCC)OCC. The first-order valence-electron chi connectivity index (χ1n) is 18.7. The van der Waals surface area contributed by atoms with E-state index in [4.69, 9.17) is 52.7 Å². The van der Waals surface area contributed by atoms with E-state index in [9.17, 15) is 14.4 Å². The molecule has 0 saturated carbocycles. The molecule has 318 valence electrons. The van der Waals surface area contributed by atoms with Gasteiger partial charge in [0.15, 0.2) is 0 Å². The number of esters is 2. The number of ether oxygens (including phenoxy) is 2. The average Bonchev–Trinajstić information content (AvgIpc) is 3.12. The molecule has 15 heteroatoms. The summed E-state index contributed by atoms with van der Waals surface area (Å²) < 4.78 is 42.9. The molecular weight excluding hydrogens is 752 g/mol. The number of hydrogen-bond donors (Lipinski definition) is 1. The van der Waals surface area contributed by atoms with Crippen LogP contribution in [0.1, 0.15) is 107 Å². The molecule has 0 aliphatic heterocycles. The molecule has 0 aliphatic carbocycles. The highest BCUT2D eigenvalue weighted by atomic mass is 35.5. The van der Waals surface area contributed by atoms with Crippen molar-refractivity contribution in [1.29, 1.82) is 0 Å². The van der Waals surface area contributed by atoms with Crippen LogP contribution in [-0.4, -0.2) is 100 Å². The summed E-state index contributed by atoms with van der Waals surface area (Å²) >= 11 is 4.87. The first-order chi connectivity index (χ1) is 25.6. The molecule has 1 N–H and O–H groups in total. The van der Waals surface area contributed by atoms with Gasteiger partial charge in [-0.2, -0.15) is 0 Å². The third kappa shape index (κ3) is 47.8. The lowest BCUT2D eigenvalue weighted by Crippen LogP contribution is -2.45. The zero-order chi connectivity index (χ0) is 42.6. The van der Waals surface area contributed by atoms with Crippen molar-refractivity contribution >= 4 is 47.1 Å². The molecule has 0 atom stereocenters. The lowest BCUT2D eigenvalue weighted by Gasteiger charge is -2.28. The van der Waals surface area contributed by atoms with Crippen LogP contribution < -0.4 is 0 Å². The van der Waals surface area contributed by atoms with Gasteiger partial charge in [0.2, 0.25) is 5.24 Å². The molecule has 0 heterocycles. The van der Waals surface area contributed by atoms with Gasteiger partial charge in [0.25, 0.3) is 0 Å². The molecule has 0 aromatic rings. The van der Waals surface area contributed by atoms with Gasteiger partial charge in [-0.25, -0.2) is 9.59 Å². The predicted molar refractivity (Wildman–Crippen MR) is 224 cm³/mol. The van der Waals surface area contributed by atoms with Crippen LogP contribution in [0.4, 0.5) is 0 Å². The molecule has 0 bridgehead atoms. The van der Waals surface area contributed by atoms with E-state index >= 15 is 0 Å². The minimum Gasteiger partial charge on any atom is -0.462 e. The topological polar surface area (TPSA) is 145 Å². The minimum absolute atomic E-state index is 0.284. The maximum absolute atomic E-state index is 11.2. The summed E-state index contributed by atoms with van der Waals surface area (Å²) in [7, 11) is -4.25. The fraction of sp³-hybridized carbons (Fsp3) is 0.667. The van der Waals surface area contributed by atoms with Gasteiger partial charge in [-0.05, 0) is 112 Å². The van der Waals surface area contributed by atoms with Gasteiger partial charge in [0, 0.05) is 69.0 Å². The standard InChI is InChI=1S/C15H30O5Si.C9H14O2.C6H16O3Si.C5H10O.C4H5ClO/c1-6-18-21(19-7-2,20-8-3)13-11-9-10-12-17-15(16)14(4)5;1-4-5-6-7-11-9(10)8(2)3;1-4-7-10(8-5-2)9-6-3;1-2-3-4-5-6;1-3(2)4(5)6/h4,6-13H2,1-3,5H3;4H,1-2,5-7H2,3H3;10H,4-6H2,1-3H3;2,6H,1,3-5H2;1H2,2H3. The summed E-state index contributed by atoms with van der Waals surface area (Å²) in [4.78, 5) is 31.8. The first kappa shape index (κ1) is 61.0. The molecule has 0 rings (SSSR count). The number of allylic oxidation sites excluding steroid dienone is 3. The van der Waals surface area contributed by atoms with Gasteiger partial charge in [0.05, 0.1) is 13.2 Å². The Hall–Kier alpha value is -2.25. The van der Waals surface area contributed by atoms with Gasteiger partial charge < -0.3 is 41.1 Å². The van der Waals surface area contributed by atoms with Gasteiger partial charge >= 0.3 is 30.3 Å². The molecule has 0 aromatic heterocycles. The van der Waals surface area contributed by atoms with E-state index < -0.39 is 23.6 Å². The van der Waals surface area contributed by atoms with Crippen LogP contribution in [0.5, 0.6) is 0 Å². The third-order valence-electron chi connectivity index (χ3n) is 5.75. The zero-order valence-electron chi connectivity index (χ0n) is 35.1. The van der Waals surface area contributed by atoms with Crippen LogP contribution >= 0.6 is 11.6 Å². The van der Waals surface area contributed by atoms with Crippen molar-refractivity contribution < 1.29 is 55.5 Å². The Morgan fingerprint density at radius 1 is 0.611 bits per heavy atom. The molecule has 0 saturated heterocycles. The number of carbonyl (C=O) groups excluding carboxylic acids is 3. The van der Waals surface area contributed by atoms with Gasteiger partial charge in [-0.15, -0.1) is 13.2 Å². The Bertz CT molecular complexity index is 936. The summed E-state index contributed by atoms with van der Waals surface area (Å²) in [6.45, 7) is 38.9. The summed E-state index contributed by atoms with van der Waals surface area (Å²) in [5, 5.41) is 7.69. The Morgan fingerprint density at radius 3 is 1.26 bits per heavy atom. The lowest BCUT2D eigenvalue weighted by molar-refractivity contribution is -0.139. The highest BCUT2D eigenvalue weighted by Crippen LogP contribution is 2.20. The molecule has 54 heavy (non-hydrogen) atoms. The second kappa shape index (κ2) is 46.9.